The number of amides is 1. The maximum absolute atomic E-state index is 12.8. The summed E-state index contributed by atoms with van der Waals surface area (Å²) < 4.78 is 1.33. The van der Waals surface area contributed by atoms with Gasteiger partial charge in [-0.3, -0.25) is 14.2 Å². The smallest absolute Gasteiger partial charge is 0.328 e. The lowest BCUT2D eigenvalue weighted by Crippen LogP contribution is -2.46. The van der Waals surface area contributed by atoms with Crippen LogP contribution < -0.4 is 16.6 Å². The molecule has 3 atom stereocenters. The SMILES string of the molecule is C[C@H]1[C@H](C)CCC[C@@H]1NC(=O)C1CCC(Cn2c(=O)[nH]c3ccccc3c2=O)CC1. The van der Waals surface area contributed by atoms with Gasteiger partial charge in [0.1, 0.15) is 0 Å². The topological polar surface area (TPSA) is 84.0 Å². The molecule has 1 amide bonds. The van der Waals surface area contributed by atoms with Crippen LogP contribution in [-0.4, -0.2) is 21.5 Å². The van der Waals surface area contributed by atoms with Crippen molar-refractivity contribution in [3.8, 4) is 0 Å². The van der Waals surface area contributed by atoms with Crippen molar-refractivity contribution in [1.29, 1.82) is 0 Å². The molecule has 1 heterocycles. The average Bonchev–Trinajstić information content (AvgIpc) is 2.75. The number of nitrogens with one attached hydrogen (secondary N) is 2. The third-order valence-corrected chi connectivity index (χ3v) is 7.58. The zero-order valence-electron chi connectivity index (χ0n) is 18.0. The molecule has 162 valence electrons. The third kappa shape index (κ3) is 4.23. The fraction of sp³-hybridized carbons (Fsp3) is 0.625. The molecule has 0 aliphatic heterocycles. The molecular weight excluding hydrogens is 378 g/mol. The zero-order valence-corrected chi connectivity index (χ0v) is 18.0. The number of aromatic nitrogens is 2. The summed E-state index contributed by atoms with van der Waals surface area (Å²) in [6.45, 7) is 4.96. The minimum Gasteiger partial charge on any atom is -0.353 e. The lowest BCUT2D eigenvalue weighted by Gasteiger charge is -2.36. The maximum atomic E-state index is 12.8. The minimum absolute atomic E-state index is 0.0530. The van der Waals surface area contributed by atoms with E-state index < -0.39 is 0 Å². The van der Waals surface area contributed by atoms with Gasteiger partial charge in [-0.1, -0.05) is 38.8 Å². The van der Waals surface area contributed by atoms with E-state index in [4.69, 9.17) is 0 Å². The fourth-order valence-corrected chi connectivity index (χ4v) is 5.32. The molecule has 2 saturated carbocycles. The quantitative estimate of drug-likeness (QED) is 0.808. The van der Waals surface area contributed by atoms with Crippen LogP contribution in [0.15, 0.2) is 33.9 Å². The van der Waals surface area contributed by atoms with Gasteiger partial charge in [-0.25, -0.2) is 4.79 Å². The first-order valence-corrected chi connectivity index (χ1v) is 11.5. The Balaban J connectivity index is 1.36. The molecule has 2 fully saturated rings. The van der Waals surface area contributed by atoms with Crippen LogP contribution in [0, 0.1) is 23.7 Å². The van der Waals surface area contributed by atoms with Crippen molar-refractivity contribution in [2.24, 2.45) is 23.7 Å². The second-order valence-electron chi connectivity index (χ2n) is 9.49. The summed E-state index contributed by atoms with van der Waals surface area (Å²) in [6.07, 6.45) is 6.92. The number of H-pyrrole nitrogens is 1. The molecule has 0 radical (unpaired) electrons. The van der Waals surface area contributed by atoms with Gasteiger partial charge in [0.05, 0.1) is 10.9 Å². The molecule has 2 N–H and O–H groups in total. The van der Waals surface area contributed by atoms with E-state index in [1.54, 1.807) is 12.1 Å². The third-order valence-electron chi connectivity index (χ3n) is 7.58. The van der Waals surface area contributed by atoms with E-state index >= 15 is 0 Å². The van der Waals surface area contributed by atoms with Crippen molar-refractivity contribution in [3.63, 3.8) is 0 Å². The van der Waals surface area contributed by atoms with Crippen LogP contribution in [0.1, 0.15) is 58.8 Å². The van der Waals surface area contributed by atoms with Gasteiger partial charge in [0.25, 0.3) is 5.56 Å². The van der Waals surface area contributed by atoms with Gasteiger partial charge in [0.15, 0.2) is 0 Å². The second kappa shape index (κ2) is 8.78. The lowest BCUT2D eigenvalue weighted by atomic mass is 9.77. The highest BCUT2D eigenvalue weighted by atomic mass is 16.2. The number of benzene rings is 1. The Labute approximate surface area is 177 Å². The first-order valence-electron chi connectivity index (χ1n) is 11.5. The average molecular weight is 412 g/mol. The van der Waals surface area contributed by atoms with Crippen molar-refractivity contribution in [2.75, 3.05) is 0 Å². The van der Waals surface area contributed by atoms with E-state index in [0.717, 1.165) is 32.1 Å². The zero-order chi connectivity index (χ0) is 21.3. The van der Waals surface area contributed by atoms with E-state index in [9.17, 15) is 14.4 Å². The molecule has 2 aliphatic rings. The Kier molecular flexibility index (Phi) is 6.11. The predicted octanol–water partition coefficient (Wildman–Crippen LogP) is 3.44. The van der Waals surface area contributed by atoms with Gasteiger partial charge < -0.3 is 10.3 Å². The number of hydrogen-bond acceptors (Lipinski definition) is 3. The number of aromatic amines is 1. The van der Waals surface area contributed by atoms with Gasteiger partial charge in [0.2, 0.25) is 5.91 Å². The lowest BCUT2D eigenvalue weighted by molar-refractivity contribution is -0.127. The summed E-state index contributed by atoms with van der Waals surface area (Å²) in [5.74, 6) is 1.70. The summed E-state index contributed by atoms with van der Waals surface area (Å²) in [4.78, 5) is 40.8. The van der Waals surface area contributed by atoms with Crippen LogP contribution in [0.4, 0.5) is 0 Å². The molecule has 30 heavy (non-hydrogen) atoms. The van der Waals surface area contributed by atoms with Crippen LogP contribution >= 0.6 is 0 Å². The van der Waals surface area contributed by atoms with Gasteiger partial charge in [0, 0.05) is 18.5 Å². The molecule has 2 aliphatic carbocycles. The molecule has 0 unspecified atom stereocenters. The standard InChI is InChI=1S/C24H33N3O3/c1-15-6-5-9-20(16(15)2)25-22(28)18-12-10-17(11-13-18)14-27-23(29)19-7-3-4-8-21(19)26-24(27)30/h3-4,7-8,15-18,20H,5-6,9-14H2,1-2H3,(H,25,28)(H,26,30)/t15-,16+,17?,18?,20+/m1/s1. The molecular formula is C24H33N3O3. The molecule has 4 rings (SSSR count). The van der Waals surface area contributed by atoms with E-state index in [0.29, 0.717) is 35.3 Å². The van der Waals surface area contributed by atoms with Crippen LogP contribution in [0.3, 0.4) is 0 Å². The van der Waals surface area contributed by atoms with Gasteiger partial charge in [-0.2, -0.15) is 0 Å². The summed E-state index contributed by atoms with van der Waals surface area (Å²) in [5.41, 5.74) is 0.00369. The largest absolute Gasteiger partial charge is 0.353 e. The number of hydrogen-bond donors (Lipinski definition) is 2. The normalized spacial score (nSPS) is 29.6. The van der Waals surface area contributed by atoms with Crippen LogP contribution in [0.5, 0.6) is 0 Å². The predicted molar refractivity (Wildman–Crippen MR) is 118 cm³/mol. The highest BCUT2D eigenvalue weighted by molar-refractivity contribution is 5.79. The highest BCUT2D eigenvalue weighted by Gasteiger charge is 2.32. The summed E-state index contributed by atoms with van der Waals surface area (Å²) in [5, 5.41) is 3.87. The van der Waals surface area contributed by atoms with E-state index in [1.807, 2.05) is 12.1 Å². The molecule has 6 heteroatoms. The van der Waals surface area contributed by atoms with Gasteiger partial charge in [-0.05, 0) is 62.0 Å². The van der Waals surface area contributed by atoms with Crippen LogP contribution in [0.2, 0.25) is 0 Å². The molecule has 2 aromatic rings. The second-order valence-corrected chi connectivity index (χ2v) is 9.49. The number of nitrogens with zero attached hydrogens (tertiary/aromatic N) is 1. The van der Waals surface area contributed by atoms with Gasteiger partial charge in [-0.15, -0.1) is 0 Å². The Morgan fingerprint density at radius 1 is 1.07 bits per heavy atom. The maximum Gasteiger partial charge on any atom is 0.328 e. The van der Waals surface area contributed by atoms with Gasteiger partial charge >= 0.3 is 5.69 Å². The Morgan fingerprint density at radius 3 is 2.57 bits per heavy atom. The molecule has 0 saturated heterocycles. The van der Waals surface area contributed by atoms with Crippen molar-refractivity contribution in [3.05, 3.63) is 45.1 Å². The van der Waals surface area contributed by atoms with Crippen LogP contribution in [-0.2, 0) is 11.3 Å². The fourth-order valence-electron chi connectivity index (χ4n) is 5.32. The number of carbonyl (C=O) groups excluding carboxylic acids is 1. The van der Waals surface area contributed by atoms with E-state index in [2.05, 4.69) is 24.1 Å². The molecule has 0 bridgehead atoms. The monoisotopic (exact) mass is 411 g/mol. The number of rotatable bonds is 4. The van der Waals surface area contributed by atoms with Crippen molar-refractivity contribution in [1.82, 2.24) is 14.9 Å². The van der Waals surface area contributed by atoms with E-state index in [-0.39, 0.29) is 29.0 Å². The summed E-state index contributed by atoms with van der Waals surface area (Å²) in [7, 11) is 0. The van der Waals surface area contributed by atoms with E-state index in [1.165, 1.54) is 17.4 Å². The highest BCUT2D eigenvalue weighted by Crippen LogP contribution is 2.32. The number of fused-ring (bicyclic) bond motifs is 1. The summed E-state index contributed by atoms with van der Waals surface area (Å²) in [6, 6.07) is 7.42. The minimum atomic E-state index is -0.348. The summed E-state index contributed by atoms with van der Waals surface area (Å²) >= 11 is 0. The number of carbonyl (C=O) groups is 1. The van der Waals surface area contributed by atoms with Crippen molar-refractivity contribution >= 4 is 16.8 Å². The molecule has 6 nitrogen and oxygen atoms in total. The van der Waals surface area contributed by atoms with Crippen molar-refractivity contribution in [2.45, 2.75) is 71.4 Å². The van der Waals surface area contributed by atoms with Crippen LogP contribution in [0.25, 0.3) is 10.9 Å². The Bertz CT molecular complexity index is 1020. The first-order chi connectivity index (χ1) is 14.4. The Hall–Kier alpha value is -2.37. The molecule has 0 spiro atoms. The number of para-hydroxylation sites is 1. The Morgan fingerprint density at radius 2 is 1.80 bits per heavy atom. The van der Waals surface area contributed by atoms with Crippen molar-refractivity contribution < 1.29 is 4.79 Å². The molecule has 1 aromatic carbocycles. The first kappa shape index (κ1) is 20.9. The molecule has 1 aromatic heterocycles.